The van der Waals surface area contributed by atoms with E-state index in [0.29, 0.717) is 37.2 Å². The second-order valence-electron chi connectivity index (χ2n) is 11.0. The van der Waals surface area contributed by atoms with Gasteiger partial charge in [0.2, 0.25) is 0 Å². The molecular weight excluding hydrogens is 368 g/mol. The number of carboxylic acids is 1. The Labute approximate surface area is 173 Å². The van der Waals surface area contributed by atoms with Crippen LogP contribution in [0.15, 0.2) is 0 Å². The van der Waals surface area contributed by atoms with Gasteiger partial charge >= 0.3 is 5.97 Å². The van der Waals surface area contributed by atoms with Gasteiger partial charge in [-0.15, -0.1) is 0 Å². The maximum atomic E-state index is 13.6. The second kappa shape index (κ2) is 7.18. The molecule has 5 heteroatoms. The number of aliphatic carboxylic acids is 1. The van der Waals surface area contributed by atoms with Gasteiger partial charge < -0.3 is 10.2 Å². The van der Waals surface area contributed by atoms with Crippen molar-refractivity contribution < 1.29 is 24.6 Å². The Morgan fingerprint density at radius 3 is 2.55 bits per heavy atom. The fourth-order valence-corrected chi connectivity index (χ4v) is 8.13. The molecule has 162 valence electrons. The Balaban J connectivity index is 1.62. The normalized spacial score (nSPS) is 47.9. The molecule has 0 aliphatic heterocycles. The van der Waals surface area contributed by atoms with Crippen LogP contribution in [0.2, 0.25) is 0 Å². The van der Waals surface area contributed by atoms with Gasteiger partial charge in [-0.25, -0.2) is 0 Å². The van der Waals surface area contributed by atoms with Gasteiger partial charge in [0.15, 0.2) is 0 Å². The van der Waals surface area contributed by atoms with Crippen LogP contribution in [0.4, 0.5) is 0 Å². The smallest absolute Gasteiger partial charge is 0.303 e. The lowest BCUT2D eigenvalue weighted by Crippen LogP contribution is -2.60. The highest BCUT2D eigenvalue weighted by Gasteiger charge is 2.66. The van der Waals surface area contributed by atoms with Crippen LogP contribution in [0.1, 0.15) is 78.6 Å². The van der Waals surface area contributed by atoms with E-state index in [0.717, 1.165) is 25.7 Å². The molecule has 4 aliphatic rings. The molecule has 0 aromatic carbocycles. The minimum Gasteiger partial charge on any atom is -0.481 e. The van der Waals surface area contributed by atoms with Gasteiger partial charge in [-0.3, -0.25) is 14.4 Å². The van der Waals surface area contributed by atoms with E-state index in [2.05, 4.69) is 20.8 Å². The van der Waals surface area contributed by atoms with Crippen LogP contribution in [0.3, 0.4) is 0 Å². The molecule has 4 saturated carbocycles. The second-order valence-corrected chi connectivity index (χ2v) is 11.0. The molecule has 0 saturated heterocycles. The molecule has 0 heterocycles. The molecule has 0 bridgehead atoms. The summed E-state index contributed by atoms with van der Waals surface area (Å²) in [5, 5.41) is 19.2. The number of hydrogen-bond donors (Lipinski definition) is 2. The van der Waals surface area contributed by atoms with E-state index in [9.17, 15) is 19.5 Å². The number of carbonyl (C=O) groups is 3. The average Bonchev–Trinajstić information content (AvgIpc) is 3.01. The van der Waals surface area contributed by atoms with E-state index in [-0.39, 0.29) is 53.4 Å². The number of Topliss-reactive ketones (excluding diaryl/α,β-unsaturated/α-hetero) is 2. The van der Waals surface area contributed by atoms with Crippen LogP contribution >= 0.6 is 0 Å². The molecule has 1 unspecified atom stereocenters. The van der Waals surface area contributed by atoms with Gasteiger partial charge in [-0.05, 0) is 73.5 Å². The first-order chi connectivity index (χ1) is 13.6. The lowest BCUT2D eigenvalue weighted by atomic mass is 9.43. The summed E-state index contributed by atoms with van der Waals surface area (Å²) in [4.78, 5) is 38.0. The molecule has 9 atom stereocenters. The average molecular weight is 405 g/mol. The molecule has 29 heavy (non-hydrogen) atoms. The van der Waals surface area contributed by atoms with Crippen LogP contribution < -0.4 is 0 Å². The van der Waals surface area contributed by atoms with E-state index in [4.69, 9.17) is 5.11 Å². The van der Waals surface area contributed by atoms with Crippen molar-refractivity contribution in [3.05, 3.63) is 0 Å². The highest BCUT2D eigenvalue weighted by Crippen LogP contribution is 2.66. The minimum atomic E-state index is -0.785. The molecule has 4 aliphatic carbocycles. The van der Waals surface area contributed by atoms with E-state index in [1.165, 1.54) is 0 Å². The summed E-state index contributed by atoms with van der Waals surface area (Å²) >= 11 is 0. The maximum absolute atomic E-state index is 13.6. The van der Waals surface area contributed by atoms with Crippen molar-refractivity contribution in [2.45, 2.75) is 84.7 Å². The molecule has 2 N–H and O–H groups in total. The minimum absolute atomic E-state index is 0.0260. The van der Waals surface area contributed by atoms with Crippen LogP contribution in [-0.4, -0.2) is 33.9 Å². The lowest BCUT2D eigenvalue weighted by Gasteiger charge is -2.59. The Morgan fingerprint density at radius 1 is 1.14 bits per heavy atom. The zero-order valence-corrected chi connectivity index (χ0v) is 18.0. The highest BCUT2D eigenvalue weighted by molar-refractivity contribution is 5.92. The van der Waals surface area contributed by atoms with Gasteiger partial charge in [0.25, 0.3) is 0 Å². The molecule has 0 radical (unpaired) electrons. The summed E-state index contributed by atoms with van der Waals surface area (Å²) in [5.74, 6) is 0.550. The van der Waals surface area contributed by atoms with Crippen molar-refractivity contribution in [2.24, 2.45) is 46.3 Å². The Hall–Kier alpha value is -1.23. The number of fused-ring (bicyclic) bond motifs is 5. The van der Waals surface area contributed by atoms with Crippen molar-refractivity contribution in [1.82, 2.24) is 0 Å². The Morgan fingerprint density at radius 2 is 1.86 bits per heavy atom. The number of ketones is 2. The predicted molar refractivity (Wildman–Crippen MR) is 108 cm³/mol. The predicted octanol–water partition coefficient (Wildman–Crippen LogP) is 3.87. The van der Waals surface area contributed by atoms with Gasteiger partial charge in [0.05, 0.1) is 6.10 Å². The molecule has 4 fully saturated rings. The van der Waals surface area contributed by atoms with Gasteiger partial charge in [0.1, 0.15) is 11.6 Å². The highest BCUT2D eigenvalue weighted by atomic mass is 16.4. The number of hydrogen-bond acceptors (Lipinski definition) is 4. The molecule has 0 aromatic rings. The molecule has 4 rings (SSSR count). The van der Waals surface area contributed by atoms with Crippen LogP contribution in [-0.2, 0) is 14.4 Å². The van der Waals surface area contributed by atoms with Gasteiger partial charge in [-0.1, -0.05) is 20.8 Å². The summed E-state index contributed by atoms with van der Waals surface area (Å²) in [5.41, 5.74) is -0.520. The van der Waals surface area contributed by atoms with Crippen molar-refractivity contribution >= 4 is 17.5 Å². The first-order valence-corrected chi connectivity index (χ1v) is 11.5. The quantitative estimate of drug-likeness (QED) is 0.742. The zero-order chi connectivity index (χ0) is 21.1. The summed E-state index contributed by atoms with van der Waals surface area (Å²) in [6, 6.07) is 0. The summed E-state index contributed by atoms with van der Waals surface area (Å²) < 4.78 is 0. The number of carboxylic acid groups (broad SMARTS) is 1. The zero-order valence-electron chi connectivity index (χ0n) is 18.0. The summed E-state index contributed by atoms with van der Waals surface area (Å²) in [6.45, 7) is 6.44. The largest absolute Gasteiger partial charge is 0.481 e. The molecular formula is C24H36O5. The molecule has 5 nitrogen and oxygen atoms in total. The Bertz CT molecular complexity index is 716. The maximum Gasteiger partial charge on any atom is 0.303 e. The Kier molecular flexibility index (Phi) is 5.20. The van der Waals surface area contributed by atoms with E-state index in [1.807, 2.05) is 0 Å². The number of carbonyl (C=O) groups excluding carboxylic acids is 2. The van der Waals surface area contributed by atoms with Gasteiger partial charge in [0, 0.05) is 30.6 Å². The topological polar surface area (TPSA) is 91.7 Å². The lowest BCUT2D eigenvalue weighted by molar-refractivity contribution is -0.168. The standard InChI is InChI=1S/C24H36O5/c1-13(4-7-21(28)29)16-5-6-17-22-18(12-20(27)24(16,17)3)23(2)9-8-15(25)10-14(23)11-19(22)26/h13-18,22,25H,4-12H2,1-3H3,(H,28,29)/t13-,14?,15-,16-,17+,18+,22+,23+,24-/m1/s1. The fraction of sp³-hybridized carbons (Fsp3) is 0.875. The summed E-state index contributed by atoms with van der Waals surface area (Å²) in [6.07, 6.45) is 5.64. The SMILES string of the molecule is C[C@H](CCC(=O)O)[C@H]1CC[C@H]2[C@@H]3C(=O)CC4C[C@H](O)CC[C@]4(C)[C@H]3CC(=O)[C@]12C. The first-order valence-electron chi connectivity index (χ1n) is 11.5. The monoisotopic (exact) mass is 404 g/mol. The van der Waals surface area contributed by atoms with Crippen molar-refractivity contribution in [3.63, 3.8) is 0 Å². The number of rotatable bonds is 4. The molecule has 0 spiro atoms. The van der Waals surface area contributed by atoms with Crippen LogP contribution in [0, 0.1) is 46.3 Å². The fourth-order valence-electron chi connectivity index (χ4n) is 8.13. The van der Waals surface area contributed by atoms with Crippen molar-refractivity contribution in [3.8, 4) is 0 Å². The third-order valence-electron chi connectivity index (χ3n) is 9.87. The number of aliphatic hydroxyl groups is 1. The number of aliphatic hydroxyl groups excluding tert-OH is 1. The van der Waals surface area contributed by atoms with E-state index >= 15 is 0 Å². The van der Waals surface area contributed by atoms with Crippen molar-refractivity contribution in [2.75, 3.05) is 0 Å². The summed E-state index contributed by atoms with van der Waals surface area (Å²) in [7, 11) is 0. The van der Waals surface area contributed by atoms with E-state index in [1.54, 1.807) is 0 Å². The molecule has 0 aromatic heterocycles. The third kappa shape index (κ3) is 3.10. The van der Waals surface area contributed by atoms with Gasteiger partial charge in [-0.2, -0.15) is 0 Å². The first kappa shape index (κ1) is 21.0. The third-order valence-corrected chi connectivity index (χ3v) is 9.87. The molecule has 0 amide bonds. The van der Waals surface area contributed by atoms with E-state index < -0.39 is 11.4 Å². The van der Waals surface area contributed by atoms with Crippen LogP contribution in [0.25, 0.3) is 0 Å². The van der Waals surface area contributed by atoms with Crippen molar-refractivity contribution in [1.29, 1.82) is 0 Å². The van der Waals surface area contributed by atoms with Crippen LogP contribution in [0.5, 0.6) is 0 Å².